The van der Waals surface area contributed by atoms with E-state index in [1.54, 1.807) is 0 Å². The molecule has 2 bridgehead atoms. The predicted octanol–water partition coefficient (Wildman–Crippen LogP) is 3.96. The Labute approximate surface area is 87.2 Å². The lowest BCUT2D eigenvalue weighted by Crippen LogP contribution is -2.38. The molecule has 3 aliphatic carbocycles. The lowest BCUT2D eigenvalue weighted by molar-refractivity contribution is 0.133. The fourth-order valence-corrected chi connectivity index (χ4v) is 2.63. The summed E-state index contributed by atoms with van der Waals surface area (Å²) in [5, 5.41) is 9.14. The molecule has 0 spiro atoms. The summed E-state index contributed by atoms with van der Waals surface area (Å²) >= 11 is 0. The number of azo groups is 1. The maximum Gasteiger partial charge on any atom is 0.0816 e. The van der Waals surface area contributed by atoms with Gasteiger partial charge in [-0.05, 0) is 65.2 Å². The smallest absolute Gasteiger partial charge is 0.0816 e. The Morgan fingerprint density at radius 3 is 1.93 bits per heavy atom. The maximum absolute atomic E-state index is 4.67. The van der Waals surface area contributed by atoms with E-state index in [1.165, 1.54) is 38.5 Å². The summed E-state index contributed by atoms with van der Waals surface area (Å²) in [7, 11) is 0. The fourth-order valence-electron chi connectivity index (χ4n) is 2.63. The lowest BCUT2D eigenvalue weighted by Gasteiger charge is -2.43. The van der Waals surface area contributed by atoms with Gasteiger partial charge in [0.1, 0.15) is 0 Å². The van der Waals surface area contributed by atoms with Gasteiger partial charge in [0.05, 0.1) is 11.1 Å². The molecular weight excluding hydrogens is 172 g/mol. The SMILES string of the molecule is CC(C)(C)N=NC12CCC(CC1)CC2. The van der Waals surface area contributed by atoms with Crippen molar-refractivity contribution in [3.63, 3.8) is 0 Å². The second-order valence-corrected chi connectivity index (χ2v) is 6.08. The number of fused-ring (bicyclic) bond motifs is 3. The molecule has 0 atom stereocenters. The molecule has 3 aliphatic rings. The molecule has 3 saturated carbocycles. The van der Waals surface area contributed by atoms with Crippen molar-refractivity contribution in [2.24, 2.45) is 16.1 Å². The van der Waals surface area contributed by atoms with Crippen LogP contribution in [0.3, 0.4) is 0 Å². The first kappa shape index (κ1) is 10.1. The minimum Gasteiger partial charge on any atom is -0.188 e. The maximum atomic E-state index is 4.67. The molecule has 0 aromatic heterocycles. The first-order chi connectivity index (χ1) is 6.49. The zero-order valence-electron chi connectivity index (χ0n) is 9.71. The first-order valence-electron chi connectivity index (χ1n) is 5.93. The van der Waals surface area contributed by atoms with Crippen LogP contribution in [0.4, 0.5) is 0 Å². The molecule has 0 aliphatic heterocycles. The number of hydrogen-bond acceptors (Lipinski definition) is 2. The van der Waals surface area contributed by atoms with Gasteiger partial charge in [0, 0.05) is 0 Å². The molecule has 0 N–H and O–H groups in total. The van der Waals surface area contributed by atoms with Crippen LogP contribution >= 0.6 is 0 Å². The molecule has 3 rings (SSSR count). The van der Waals surface area contributed by atoms with E-state index in [4.69, 9.17) is 0 Å². The lowest BCUT2D eigenvalue weighted by atomic mass is 9.66. The zero-order valence-corrected chi connectivity index (χ0v) is 9.71. The Kier molecular flexibility index (Phi) is 2.40. The molecule has 0 unspecified atom stereocenters. The quantitative estimate of drug-likeness (QED) is 0.564. The van der Waals surface area contributed by atoms with Crippen LogP contribution in [0.25, 0.3) is 0 Å². The van der Waals surface area contributed by atoms with Crippen LogP contribution in [0, 0.1) is 5.92 Å². The van der Waals surface area contributed by atoms with Gasteiger partial charge >= 0.3 is 0 Å². The molecule has 0 amide bonds. The second kappa shape index (κ2) is 3.32. The Morgan fingerprint density at radius 2 is 1.50 bits per heavy atom. The van der Waals surface area contributed by atoms with Crippen LogP contribution in [0.15, 0.2) is 10.2 Å². The molecule has 14 heavy (non-hydrogen) atoms. The van der Waals surface area contributed by atoms with Crippen molar-refractivity contribution in [2.45, 2.75) is 70.4 Å². The van der Waals surface area contributed by atoms with E-state index >= 15 is 0 Å². The van der Waals surface area contributed by atoms with Gasteiger partial charge in [-0.1, -0.05) is 0 Å². The summed E-state index contributed by atoms with van der Waals surface area (Å²) in [6.45, 7) is 6.38. The van der Waals surface area contributed by atoms with E-state index < -0.39 is 0 Å². The third-order valence-corrected chi connectivity index (χ3v) is 3.62. The van der Waals surface area contributed by atoms with Crippen LogP contribution in [0.1, 0.15) is 59.3 Å². The minimum atomic E-state index is 0.00302. The van der Waals surface area contributed by atoms with Crippen LogP contribution < -0.4 is 0 Å². The summed E-state index contributed by atoms with van der Waals surface area (Å²) in [5.74, 6) is 1.02. The van der Waals surface area contributed by atoms with Gasteiger partial charge in [-0.25, -0.2) is 0 Å². The summed E-state index contributed by atoms with van der Waals surface area (Å²) in [5.41, 5.74) is 0.255. The average molecular weight is 194 g/mol. The third-order valence-electron chi connectivity index (χ3n) is 3.62. The first-order valence-corrected chi connectivity index (χ1v) is 5.93. The van der Waals surface area contributed by atoms with Crippen molar-refractivity contribution < 1.29 is 0 Å². The van der Waals surface area contributed by atoms with Crippen LogP contribution in [0.2, 0.25) is 0 Å². The highest BCUT2D eigenvalue weighted by Gasteiger charge is 2.40. The zero-order chi connectivity index (χ0) is 10.2. The molecule has 0 saturated heterocycles. The van der Waals surface area contributed by atoms with Crippen LogP contribution in [0.5, 0.6) is 0 Å². The van der Waals surface area contributed by atoms with E-state index in [0.717, 1.165) is 5.92 Å². The number of rotatable bonds is 1. The number of hydrogen-bond donors (Lipinski definition) is 0. The van der Waals surface area contributed by atoms with Gasteiger partial charge < -0.3 is 0 Å². The fraction of sp³-hybridized carbons (Fsp3) is 1.00. The average Bonchev–Trinajstić information content (AvgIpc) is 2.17. The second-order valence-electron chi connectivity index (χ2n) is 6.08. The largest absolute Gasteiger partial charge is 0.188 e. The van der Waals surface area contributed by atoms with E-state index in [2.05, 4.69) is 31.0 Å². The molecule has 0 heterocycles. The molecule has 0 radical (unpaired) electrons. The van der Waals surface area contributed by atoms with E-state index in [0.29, 0.717) is 0 Å². The molecule has 2 heteroatoms. The Bertz CT molecular complexity index is 215. The molecule has 3 fully saturated rings. The van der Waals surface area contributed by atoms with Crippen molar-refractivity contribution in [3.8, 4) is 0 Å². The number of nitrogens with zero attached hydrogens (tertiary/aromatic N) is 2. The van der Waals surface area contributed by atoms with E-state index in [9.17, 15) is 0 Å². The van der Waals surface area contributed by atoms with Gasteiger partial charge in [-0.2, -0.15) is 10.2 Å². The van der Waals surface area contributed by atoms with Gasteiger partial charge in [-0.3, -0.25) is 0 Å². The summed E-state index contributed by atoms with van der Waals surface area (Å²) in [4.78, 5) is 0. The topological polar surface area (TPSA) is 24.7 Å². The molecule has 2 nitrogen and oxygen atoms in total. The standard InChI is InChI=1S/C12H22N2/c1-11(2,3)13-14-12-7-4-10(5-8-12)6-9-12/h10H,4-9H2,1-3H3. The molecular formula is C12H22N2. The van der Waals surface area contributed by atoms with Gasteiger partial charge in [0.25, 0.3) is 0 Å². The predicted molar refractivity (Wildman–Crippen MR) is 58.5 cm³/mol. The summed E-state index contributed by atoms with van der Waals surface area (Å²) in [6.07, 6.45) is 8.04. The minimum absolute atomic E-state index is 0.00302. The van der Waals surface area contributed by atoms with Gasteiger partial charge in [0.15, 0.2) is 0 Å². The third kappa shape index (κ3) is 2.15. The highest BCUT2D eigenvalue weighted by molar-refractivity contribution is 4.97. The van der Waals surface area contributed by atoms with Crippen molar-refractivity contribution in [3.05, 3.63) is 0 Å². The Balaban J connectivity index is 2.05. The van der Waals surface area contributed by atoms with Crippen molar-refractivity contribution in [1.82, 2.24) is 0 Å². The molecule has 0 aromatic rings. The molecule has 0 aromatic carbocycles. The van der Waals surface area contributed by atoms with E-state index in [-0.39, 0.29) is 11.1 Å². The van der Waals surface area contributed by atoms with Crippen molar-refractivity contribution in [1.29, 1.82) is 0 Å². The van der Waals surface area contributed by atoms with Gasteiger partial charge in [-0.15, -0.1) is 0 Å². The van der Waals surface area contributed by atoms with Crippen LogP contribution in [-0.4, -0.2) is 11.1 Å². The monoisotopic (exact) mass is 194 g/mol. The van der Waals surface area contributed by atoms with Crippen LogP contribution in [-0.2, 0) is 0 Å². The van der Waals surface area contributed by atoms with E-state index in [1.807, 2.05) is 0 Å². The summed E-state index contributed by atoms with van der Waals surface area (Å²) in [6, 6.07) is 0. The van der Waals surface area contributed by atoms with Crippen molar-refractivity contribution in [2.75, 3.05) is 0 Å². The molecule has 80 valence electrons. The Morgan fingerprint density at radius 1 is 1.00 bits per heavy atom. The Hall–Kier alpha value is -0.400. The summed E-state index contributed by atoms with van der Waals surface area (Å²) < 4.78 is 0. The normalized spacial score (nSPS) is 38.1. The highest BCUT2D eigenvalue weighted by atomic mass is 15.2. The highest BCUT2D eigenvalue weighted by Crippen LogP contribution is 2.46. The van der Waals surface area contributed by atoms with Gasteiger partial charge in [0.2, 0.25) is 0 Å². The van der Waals surface area contributed by atoms with Crippen molar-refractivity contribution >= 4 is 0 Å².